The molecule has 1 aliphatic heterocycles. The van der Waals surface area contributed by atoms with Gasteiger partial charge in [0, 0.05) is 6.42 Å². The average Bonchev–Trinajstić information content (AvgIpc) is 2.10. The van der Waals surface area contributed by atoms with Crippen LogP contribution in [0.5, 0.6) is 0 Å². The first-order valence-corrected chi connectivity index (χ1v) is 3.04. The minimum absolute atomic E-state index is 0.242. The van der Waals surface area contributed by atoms with Crippen LogP contribution in [0.25, 0.3) is 0 Å². The highest BCUT2D eigenvalue weighted by Gasteiger charge is 2.37. The Kier molecular flexibility index (Phi) is 1.61. The zero-order chi connectivity index (χ0) is 7.72. The number of carboxylic acids is 1. The van der Waals surface area contributed by atoms with Gasteiger partial charge in [-0.25, -0.2) is 0 Å². The molecule has 0 radical (unpaired) electrons. The van der Waals surface area contributed by atoms with Crippen LogP contribution in [0.15, 0.2) is 0 Å². The van der Waals surface area contributed by atoms with Crippen LogP contribution >= 0.6 is 0 Å². The van der Waals surface area contributed by atoms with Crippen LogP contribution in [0.2, 0.25) is 0 Å². The number of ether oxygens (including phenoxy) is 1. The molecule has 1 heterocycles. The molecule has 1 N–H and O–H groups in total. The maximum atomic E-state index is 10.6. The quantitative estimate of drug-likeness (QED) is 0.416. The minimum atomic E-state index is -1.09. The van der Waals surface area contributed by atoms with Crippen molar-refractivity contribution < 1.29 is 19.4 Å². The van der Waals surface area contributed by atoms with Gasteiger partial charge in [0.1, 0.15) is 6.10 Å². The second kappa shape index (κ2) is 2.28. The molecular weight excluding hydrogens is 136 g/mol. The molecule has 4 nitrogen and oxygen atoms in total. The Bertz CT molecular complexity index is 175. The molecular formula is C6H8O4. The van der Waals surface area contributed by atoms with E-state index in [9.17, 15) is 9.59 Å². The van der Waals surface area contributed by atoms with Crippen LogP contribution in [-0.2, 0) is 14.3 Å². The third-order valence-electron chi connectivity index (χ3n) is 1.47. The van der Waals surface area contributed by atoms with Crippen molar-refractivity contribution in [3.8, 4) is 0 Å². The van der Waals surface area contributed by atoms with Crippen LogP contribution < -0.4 is 0 Å². The molecule has 4 heteroatoms. The van der Waals surface area contributed by atoms with E-state index in [2.05, 4.69) is 4.74 Å². The van der Waals surface area contributed by atoms with Crippen molar-refractivity contribution in [3.63, 3.8) is 0 Å². The maximum Gasteiger partial charge on any atom is 0.320 e. The summed E-state index contributed by atoms with van der Waals surface area (Å²) in [6.07, 6.45) is 0.0577. The van der Waals surface area contributed by atoms with E-state index in [1.165, 1.54) is 0 Å². The molecule has 56 valence electrons. The van der Waals surface area contributed by atoms with Gasteiger partial charge in [0.15, 0.2) is 5.92 Å². The summed E-state index contributed by atoms with van der Waals surface area (Å²) >= 11 is 0. The number of carboxylic acid groups (broad SMARTS) is 1. The smallest absolute Gasteiger partial charge is 0.320 e. The Morgan fingerprint density at radius 2 is 2.40 bits per heavy atom. The molecule has 10 heavy (non-hydrogen) atoms. The van der Waals surface area contributed by atoms with E-state index in [1.54, 1.807) is 6.92 Å². The largest absolute Gasteiger partial charge is 0.481 e. The number of hydrogen-bond acceptors (Lipinski definition) is 3. The van der Waals surface area contributed by atoms with Crippen molar-refractivity contribution in [3.05, 3.63) is 0 Å². The summed E-state index contributed by atoms with van der Waals surface area (Å²) in [5.74, 6) is -2.63. The van der Waals surface area contributed by atoms with Crippen LogP contribution in [0.3, 0.4) is 0 Å². The third-order valence-corrected chi connectivity index (χ3v) is 1.47. The molecule has 1 aliphatic rings. The summed E-state index contributed by atoms with van der Waals surface area (Å²) in [5, 5.41) is 8.40. The monoisotopic (exact) mass is 144 g/mol. The number of rotatable bonds is 1. The van der Waals surface area contributed by atoms with Gasteiger partial charge in [0.05, 0.1) is 0 Å². The van der Waals surface area contributed by atoms with Crippen molar-refractivity contribution in [1.82, 2.24) is 0 Å². The second-order valence-corrected chi connectivity index (χ2v) is 2.37. The van der Waals surface area contributed by atoms with Gasteiger partial charge in [0.25, 0.3) is 0 Å². The van der Waals surface area contributed by atoms with Crippen LogP contribution in [0.4, 0.5) is 0 Å². The summed E-state index contributed by atoms with van der Waals surface area (Å²) in [5.41, 5.74) is 0. The Morgan fingerprint density at radius 1 is 1.80 bits per heavy atom. The topological polar surface area (TPSA) is 63.6 Å². The molecule has 0 aromatic heterocycles. The summed E-state index contributed by atoms with van der Waals surface area (Å²) in [6.45, 7) is 1.68. The number of carbonyl (C=O) groups is 2. The lowest BCUT2D eigenvalue weighted by Crippen LogP contribution is -2.17. The number of esters is 1. The van der Waals surface area contributed by atoms with Gasteiger partial charge in [-0.2, -0.15) is 0 Å². The molecule has 0 spiro atoms. The van der Waals surface area contributed by atoms with Gasteiger partial charge in [-0.15, -0.1) is 0 Å². The molecule has 0 aromatic rings. The number of aliphatic carboxylic acids is 1. The SMILES string of the molecule is C[C@H]1C[C@H](C(=O)O)C(=O)O1. The molecule has 1 rings (SSSR count). The Hall–Kier alpha value is -1.06. The fraction of sp³-hybridized carbons (Fsp3) is 0.667. The first-order valence-electron chi connectivity index (χ1n) is 3.04. The molecule has 1 saturated heterocycles. The van der Waals surface area contributed by atoms with E-state index in [0.717, 1.165) is 0 Å². The summed E-state index contributed by atoms with van der Waals surface area (Å²) in [6, 6.07) is 0. The van der Waals surface area contributed by atoms with Crippen molar-refractivity contribution in [2.24, 2.45) is 5.92 Å². The van der Waals surface area contributed by atoms with Crippen molar-refractivity contribution in [1.29, 1.82) is 0 Å². The molecule has 0 amide bonds. The van der Waals surface area contributed by atoms with E-state index >= 15 is 0 Å². The van der Waals surface area contributed by atoms with Crippen molar-refractivity contribution in [2.75, 3.05) is 0 Å². The second-order valence-electron chi connectivity index (χ2n) is 2.37. The van der Waals surface area contributed by atoms with E-state index in [0.29, 0.717) is 6.42 Å². The molecule has 0 saturated carbocycles. The predicted molar refractivity (Wildman–Crippen MR) is 31.3 cm³/mol. The van der Waals surface area contributed by atoms with Gasteiger partial charge < -0.3 is 9.84 Å². The average molecular weight is 144 g/mol. The summed E-state index contributed by atoms with van der Waals surface area (Å²) < 4.78 is 4.62. The highest BCUT2D eigenvalue weighted by atomic mass is 16.6. The number of carbonyl (C=O) groups excluding carboxylic acids is 1. The zero-order valence-electron chi connectivity index (χ0n) is 5.53. The predicted octanol–water partition coefficient (Wildman–Crippen LogP) is 0.0226. The van der Waals surface area contributed by atoms with E-state index in [4.69, 9.17) is 5.11 Å². The zero-order valence-corrected chi connectivity index (χ0v) is 5.53. The Morgan fingerprint density at radius 3 is 2.60 bits per heavy atom. The molecule has 0 bridgehead atoms. The highest BCUT2D eigenvalue weighted by Crippen LogP contribution is 2.20. The van der Waals surface area contributed by atoms with Gasteiger partial charge in [-0.05, 0) is 6.92 Å². The molecule has 0 aliphatic carbocycles. The van der Waals surface area contributed by atoms with E-state index in [-0.39, 0.29) is 6.10 Å². The lowest BCUT2D eigenvalue weighted by molar-refractivity contribution is -0.152. The molecule has 0 unspecified atom stereocenters. The minimum Gasteiger partial charge on any atom is -0.481 e. The first kappa shape index (κ1) is 7.05. The molecule has 2 atom stereocenters. The first-order chi connectivity index (χ1) is 4.61. The summed E-state index contributed by atoms with van der Waals surface area (Å²) in [4.78, 5) is 20.9. The van der Waals surface area contributed by atoms with Crippen molar-refractivity contribution in [2.45, 2.75) is 19.4 Å². The third kappa shape index (κ3) is 1.10. The molecule has 0 aromatic carbocycles. The fourth-order valence-electron chi connectivity index (χ4n) is 0.958. The van der Waals surface area contributed by atoms with Gasteiger partial charge in [0.2, 0.25) is 0 Å². The van der Waals surface area contributed by atoms with Crippen LogP contribution in [0, 0.1) is 5.92 Å². The van der Waals surface area contributed by atoms with Gasteiger partial charge >= 0.3 is 11.9 Å². The van der Waals surface area contributed by atoms with E-state index in [1.807, 2.05) is 0 Å². The Balaban J connectivity index is 2.63. The van der Waals surface area contributed by atoms with E-state index < -0.39 is 17.9 Å². The molecule has 1 fully saturated rings. The lowest BCUT2D eigenvalue weighted by atomic mass is 10.1. The maximum absolute atomic E-state index is 10.6. The van der Waals surface area contributed by atoms with Crippen molar-refractivity contribution >= 4 is 11.9 Å². The van der Waals surface area contributed by atoms with Gasteiger partial charge in [-0.1, -0.05) is 0 Å². The standard InChI is InChI=1S/C6H8O4/c1-3-2-4(5(7)8)6(9)10-3/h3-4H,2H2,1H3,(H,7,8)/t3-,4+/m0/s1. The lowest BCUT2D eigenvalue weighted by Gasteiger charge is -1.95. The van der Waals surface area contributed by atoms with Crippen LogP contribution in [0.1, 0.15) is 13.3 Å². The Labute approximate surface area is 57.8 Å². The number of hydrogen-bond donors (Lipinski definition) is 1. The fourth-order valence-corrected chi connectivity index (χ4v) is 0.958. The number of cyclic esters (lactones) is 1. The highest BCUT2D eigenvalue weighted by molar-refractivity contribution is 5.95. The normalized spacial score (nSPS) is 31.9. The summed E-state index contributed by atoms with van der Waals surface area (Å²) in [7, 11) is 0. The van der Waals surface area contributed by atoms with Crippen LogP contribution in [-0.4, -0.2) is 23.1 Å². The van der Waals surface area contributed by atoms with Gasteiger partial charge in [-0.3, -0.25) is 9.59 Å².